The van der Waals surface area contributed by atoms with Gasteiger partial charge in [0.15, 0.2) is 0 Å². The molecule has 0 amide bonds. The van der Waals surface area contributed by atoms with Crippen molar-refractivity contribution in [3.8, 4) is 11.1 Å². The number of hydrogen-bond acceptors (Lipinski definition) is 4. The maximum absolute atomic E-state index is 4.60. The van der Waals surface area contributed by atoms with Gasteiger partial charge < -0.3 is 9.47 Å². The number of pyridine rings is 1. The smallest absolute Gasteiger partial charge is 0.134 e. The average Bonchev–Trinajstić information content (AvgIpc) is 3.31. The molecule has 0 unspecified atom stereocenters. The summed E-state index contributed by atoms with van der Waals surface area (Å²) < 4.78 is 2.02. The van der Waals surface area contributed by atoms with E-state index in [2.05, 4.69) is 69.9 Å². The molecule has 0 fully saturated rings. The summed E-state index contributed by atoms with van der Waals surface area (Å²) in [5.74, 6) is 0.925. The first-order valence-electron chi connectivity index (χ1n) is 8.33. The van der Waals surface area contributed by atoms with Crippen LogP contribution in [0.5, 0.6) is 0 Å². The lowest BCUT2D eigenvalue weighted by atomic mass is 10.0. The Kier molecular flexibility index (Phi) is 4.01. The number of rotatable bonds is 4. The molecule has 25 heavy (non-hydrogen) atoms. The van der Waals surface area contributed by atoms with Crippen LogP contribution in [0, 0.1) is 0 Å². The minimum Gasteiger partial charge on any atom is -0.334 e. The summed E-state index contributed by atoms with van der Waals surface area (Å²) in [6, 6.07) is 10.9. The second kappa shape index (κ2) is 6.33. The molecule has 3 aromatic heterocycles. The molecule has 0 radical (unpaired) electrons. The molecule has 5 heteroatoms. The summed E-state index contributed by atoms with van der Waals surface area (Å²) in [6.45, 7) is 2.20. The Labute approximate surface area is 151 Å². The number of hydrogen-bond donors (Lipinski definition) is 0. The van der Waals surface area contributed by atoms with Crippen molar-refractivity contribution in [3.05, 3.63) is 59.2 Å². The van der Waals surface area contributed by atoms with Crippen LogP contribution in [-0.2, 0) is 13.5 Å². The highest BCUT2D eigenvalue weighted by Crippen LogP contribution is 2.32. The van der Waals surface area contributed by atoms with E-state index >= 15 is 0 Å². The van der Waals surface area contributed by atoms with Crippen LogP contribution < -0.4 is 4.90 Å². The second-order valence-corrected chi connectivity index (χ2v) is 6.93. The van der Waals surface area contributed by atoms with Crippen molar-refractivity contribution in [2.75, 3.05) is 11.9 Å². The third-order valence-corrected chi connectivity index (χ3v) is 5.30. The van der Waals surface area contributed by atoms with Crippen LogP contribution in [-0.4, -0.2) is 21.6 Å². The van der Waals surface area contributed by atoms with Gasteiger partial charge in [-0.15, -0.1) is 0 Å². The summed E-state index contributed by atoms with van der Waals surface area (Å²) in [5.41, 5.74) is 7.06. The van der Waals surface area contributed by atoms with Crippen molar-refractivity contribution in [1.29, 1.82) is 0 Å². The van der Waals surface area contributed by atoms with Gasteiger partial charge in [0.2, 0.25) is 0 Å². The molecule has 0 saturated heterocycles. The monoisotopic (exact) mass is 348 g/mol. The molecular formula is C20H20N4S. The van der Waals surface area contributed by atoms with E-state index in [-0.39, 0.29) is 0 Å². The van der Waals surface area contributed by atoms with Gasteiger partial charge in [-0.25, -0.2) is 9.97 Å². The average molecular weight is 348 g/mol. The lowest BCUT2D eigenvalue weighted by Gasteiger charge is -2.22. The van der Waals surface area contributed by atoms with E-state index in [9.17, 15) is 0 Å². The first-order valence-corrected chi connectivity index (χ1v) is 9.28. The zero-order chi connectivity index (χ0) is 17.4. The molecule has 0 aliphatic rings. The van der Waals surface area contributed by atoms with Crippen molar-refractivity contribution in [2.24, 2.45) is 7.05 Å². The molecule has 1 aromatic carbocycles. The normalized spacial score (nSPS) is 11.2. The highest BCUT2D eigenvalue weighted by Gasteiger charge is 2.13. The molecule has 4 aromatic rings. The number of benzene rings is 1. The van der Waals surface area contributed by atoms with E-state index in [4.69, 9.17) is 0 Å². The van der Waals surface area contributed by atoms with Crippen molar-refractivity contribution in [3.63, 3.8) is 0 Å². The number of imidazole rings is 1. The van der Waals surface area contributed by atoms with E-state index in [1.165, 1.54) is 22.4 Å². The summed E-state index contributed by atoms with van der Waals surface area (Å²) >= 11 is 1.73. The molecule has 0 saturated carbocycles. The number of fused-ring (bicyclic) bond motifs is 1. The maximum atomic E-state index is 4.60. The molecule has 4 rings (SSSR count). The van der Waals surface area contributed by atoms with E-state index in [1.54, 1.807) is 11.3 Å². The summed E-state index contributed by atoms with van der Waals surface area (Å²) in [5, 5.41) is 4.31. The quantitative estimate of drug-likeness (QED) is 0.519. The largest absolute Gasteiger partial charge is 0.334 e. The fourth-order valence-corrected chi connectivity index (χ4v) is 3.80. The fraction of sp³-hybridized carbons (Fsp3) is 0.200. The molecular weight excluding hydrogens is 328 g/mol. The molecule has 0 aliphatic heterocycles. The van der Waals surface area contributed by atoms with E-state index < -0.39 is 0 Å². The lowest BCUT2D eigenvalue weighted by molar-refractivity contribution is 0.946. The first kappa shape index (κ1) is 15.8. The van der Waals surface area contributed by atoms with Gasteiger partial charge in [0.1, 0.15) is 11.3 Å². The van der Waals surface area contributed by atoms with Crippen LogP contribution in [0.15, 0.2) is 53.6 Å². The van der Waals surface area contributed by atoms with E-state index in [0.717, 1.165) is 23.3 Å². The molecule has 0 bridgehead atoms. The molecule has 0 atom stereocenters. The van der Waals surface area contributed by atoms with Crippen LogP contribution in [0.3, 0.4) is 0 Å². The minimum absolute atomic E-state index is 0.920. The molecule has 4 nitrogen and oxygen atoms in total. The predicted octanol–water partition coefficient (Wildman–Crippen LogP) is 5.03. The van der Waals surface area contributed by atoms with Crippen molar-refractivity contribution < 1.29 is 0 Å². The summed E-state index contributed by atoms with van der Waals surface area (Å²) in [7, 11) is 4.08. The van der Waals surface area contributed by atoms with Crippen molar-refractivity contribution >= 4 is 33.9 Å². The van der Waals surface area contributed by atoms with Gasteiger partial charge in [-0.2, -0.15) is 11.3 Å². The van der Waals surface area contributed by atoms with Gasteiger partial charge in [-0.1, -0.05) is 13.0 Å². The first-order chi connectivity index (χ1) is 12.2. The maximum Gasteiger partial charge on any atom is 0.134 e. The van der Waals surface area contributed by atoms with Crippen molar-refractivity contribution in [2.45, 2.75) is 13.3 Å². The van der Waals surface area contributed by atoms with Gasteiger partial charge in [-0.3, -0.25) is 0 Å². The molecule has 3 heterocycles. The zero-order valence-electron chi connectivity index (χ0n) is 14.6. The Hall–Kier alpha value is -2.66. The highest BCUT2D eigenvalue weighted by atomic mass is 32.1. The Morgan fingerprint density at radius 3 is 2.76 bits per heavy atom. The topological polar surface area (TPSA) is 34.0 Å². The number of aryl methyl sites for hydroxylation is 2. The molecule has 0 N–H and O–H groups in total. The number of aromatic nitrogens is 3. The van der Waals surface area contributed by atoms with E-state index in [0.29, 0.717) is 0 Å². The van der Waals surface area contributed by atoms with Gasteiger partial charge in [0.05, 0.1) is 18.0 Å². The van der Waals surface area contributed by atoms with Gasteiger partial charge in [-0.05, 0) is 52.1 Å². The summed E-state index contributed by atoms with van der Waals surface area (Å²) in [4.78, 5) is 11.1. The Morgan fingerprint density at radius 2 is 2.00 bits per heavy atom. The number of anilines is 2. The van der Waals surface area contributed by atoms with Crippen LogP contribution in [0.2, 0.25) is 0 Å². The number of thiophene rings is 1. The predicted molar refractivity (Wildman–Crippen MR) is 106 cm³/mol. The van der Waals surface area contributed by atoms with Gasteiger partial charge >= 0.3 is 0 Å². The summed E-state index contributed by atoms with van der Waals surface area (Å²) in [6.07, 6.45) is 4.64. The SMILES string of the molecule is CCc1cc(-c2ccsc2)ccc1N(C)c1cc2c(cn1)ncn2C. The highest BCUT2D eigenvalue weighted by molar-refractivity contribution is 7.08. The Balaban J connectivity index is 1.75. The van der Waals surface area contributed by atoms with E-state index in [1.807, 2.05) is 24.1 Å². The third kappa shape index (κ3) is 2.81. The van der Waals surface area contributed by atoms with Crippen LogP contribution >= 0.6 is 11.3 Å². The van der Waals surface area contributed by atoms with Crippen LogP contribution in [0.1, 0.15) is 12.5 Å². The second-order valence-electron chi connectivity index (χ2n) is 6.15. The van der Waals surface area contributed by atoms with Gasteiger partial charge in [0, 0.05) is 25.8 Å². The van der Waals surface area contributed by atoms with Crippen molar-refractivity contribution in [1.82, 2.24) is 14.5 Å². The third-order valence-electron chi connectivity index (χ3n) is 4.62. The standard InChI is InChI=1S/C20H20N4S/c1-4-14-9-15(16-7-8-25-12-16)5-6-18(14)24(3)20-10-19-17(11-21-20)22-13-23(19)2/h5-13H,4H2,1-3H3. The lowest BCUT2D eigenvalue weighted by Crippen LogP contribution is -2.13. The van der Waals surface area contributed by atoms with Gasteiger partial charge in [0.25, 0.3) is 0 Å². The molecule has 126 valence electrons. The molecule has 0 aliphatic carbocycles. The molecule has 0 spiro atoms. The van der Waals surface area contributed by atoms with Crippen LogP contribution in [0.4, 0.5) is 11.5 Å². The van der Waals surface area contributed by atoms with Crippen LogP contribution in [0.25, 0.3) is 22.2 Å². The minimum atomic E-state index is 0.920. The zero-order valence-corrected chi connectivity index (χ0v) is 15.4. The number of nitrogens with zero attached hydrogens (tertiary/aromatic N) is 4. The Bertz CT molecular complexity index is 1020. The fourth-order valence-electron chi connectivity index (χ4n) is 3.13. The Morgan fingerprint density at radius 1 is 1.12 bits per heavy atom.